The van der Waals surface area contributed by atoms with Crippen LogP contribution in [0.4, 0.5) is 4.79 Å². The molecule has 158 valence electrons. The van der Waals surface area contributed by atoms with Crippen molar-refractivity contribution < 1.29 is 9.53 Å². The first kappa shape index (κ1) is 22.0. The highest BCUT2D eigenvalue weighted by Gasteiger charge is 2.24. The Hall–Kier alpha value is -2.25. The van der Waals surface area contributed by atoms with E-state index in [1.165, 1.54) is 5.69 Å². The number of aryl methyl sites for hydroxylation is 2. The van der Waals surface area contributed by atoms with Gasteiger partial charge in [0.25, 0.3) is 0 Å². The van der Waals surface area contributed by atoms with Crippen molar-refractivity contribution in [2.24, 2.45) is 10.9 Å². The maximum atomic E-state index is 11.8. The molecule has 8 nitrogen and oxygen atoms in total. The van der Waals surface area contributed by atoms with Crippen molar-refractivity contribution in [3.63, 3.8) is 0 Å². The summed E-state index contributed by atoms with van der Waals surface area (Å²) in [6.07, 6.45) is 1.58. The van der Waals surface area contributed by atoms with Crippen LogP contribution in [0.1, 0.15) is 45.0 Å². The maximum Gasteiger partial charge on any atom is 0.409 e. The van der Waals surface area contributed by atoms with Crippen LogP contribution >= 0.6 is 0 Å². The molecule has 1 unspecified atom stereocenters. The Bertz CT molecular complexity index is 649. The molecule has 1 aliphatic heterocycles. The summed E-state index contributed by atoms with van der Waals surface area (Å²) in [4.78, 5) is 18.4. The summed E-state index contributed by atoms with van der Waals surface area (Å²) in [5.74, 6) is 1.23. The minimum absolute atomic E-state index is 0.209. The Morgan fingerprint density at radius 2 is 2.07 bits per heavy atom. The van der Waals surface area contributed by atoms with E-state index in [2.05, 4.69) is 47.3 Å². The van der Waals surface area contributed by atoms with E-state index in [0.717, 1.165) is 44.1 Å². The monoisotopic (exact) mass is 392 g/mol. The third-order valence-corrected chi connectivity index (χ3v) is 4.86. The lowest BCUT2D eigenvalue weighted by Gasteiger charge is -2.32. The van der Waals surface area contributed by atoms with Crippen LogP contribution in [0.3, 0.4) is 0 Å². The largest absolute Gasteiger partial charge is 0.450 e. The van der Waals surface area contributed by atoms with Crippen molar-refractivity contribution in [2.45, 2.75) is 60.0 Å². The third kappa shape index (κ3) is 6.73. The predicted molar refractivity (Wildman–Crippen MR) is 112 cm³/mol. The number of nitrogens with zero attached hydrogens (tertiary/aromatic N) is 4. The molecule has 0 aliphatic carbocycles. The second kappa shape index (κ2) is 10.9. The Kier molecular flexibility index (Phi) is 8.60. The molecule has 2 rings (SSSR count). The fraction of sp³-hybridized carbons (Fsp3) is 0.750. The van der Waals surface area contributed by atoms with E-state index in [0.29, 0.717) is 31.7 Å². The Labute approximate surface area is 168 Å². The van der Waals surface area contributed by atoms with Gasteiger partial charge in [0.05, 0.1) is 12.3 Å². The number of amides is 1. The zero-order valence-electron chi connectivity index (χ0n) is 18.0. The lowest BCUT2D eigenvalue weighted by Crippen LogP contribution is -2.50. The molecule has 1 aliphatic rings. The number of carbonyl (C=O) groups is 1. The van der Waals surface area contributed by atoms with Gasteiger partial charge in [0.1, 0.15) is 0 Å². The number of aromatic nitrogens is 2. The molecule has 1 aromatic heterocycles. The van der Waals surface area contributed by atoms with Gasteiger partial charge >= 0.3 is 6.09 Å². The molecule has 0 aromatic carbocycles. The predicted octanol–water partition coefficient (Wildman–Crippen LogP) is 2.31. The van der Waals surface area contributed by atoms with Gasteiger partial charge in [0.15, 0.2) is 5.96 Å². The first-order valence-corrected chi connectivity index (χ1v) is 10.4. The van der Waals surface area contributed by atoms with E-state index < -0.39 is 0 Å². The average molecular weight is 393 g/mol. The fourth-order valence-electron chi connectivity index (χ4n) is 3.39. The van der Waals surface area contributed by atoms with Gasteiger partial charge in [-0.05, 0) is 52.5 Å². The molecule has 2 N–H and O–H groups in total. The van der Waals surface area contributed by atoms with Crippen molar-refractivity contribution in [1.29, 1.82) is 0 Å². The Morgan fingerprint density at radius 1 is 1.36 bits per heavy atom. The number of hydrogen-bond acceptors (Lipinski definition) is 4. The van der Waals surface area contributed by atoms with Crippen LogP contribution in [-0.2, 0) is 11.3 Å². The molecule has 1 saturated heterocycles. The van der Waals surface area contributed by atoms with Crippen LogP contribution in [-0.4, -0.2) is 65.6 Å². The van der Waals surface area contributed by atoms with Crippen LogP contribution in [0.25, 0.3) is 0 Å². The van der Waals surface area contributed by atoms with Crippen molar-refractivity contribution in [3.05, 3.63) is 17.5 Å². The molecule has 1 fully saturated rings. The molecule has 0 bridgehead atoms. The lowest BCUT2D eigenvalue weighted by molar-refractivity contribution is 0.0963. The highest BCUT2D eigenvalue weighted by molar-refractivity contribution is 5.80. The van der Waals surface area contributed by atoms with Crippen LogP contribution in [0.15, 0.2) is 11.1 Å². The summed E-state index contributed by atoms with van der Waals surface area (Å²) >= 11 is 0. The number of guanidine groups is 1. The van der Waals surface area contributed by atoms with Gasteiger partial charge in [-0.25, -0.2) is 4.79 Å². The normalized spacial score (nSPS) is 16.8. The van der Waals surface area contributed by atoms with Crippen molar-refractivity contribution in [3.8, 4) is 0 Å². The van der Waals surface area contributed by atoms with Gasteiger partial charge < -0.3 is 20.3 Å². The first-order valence-electron chi connectivity index (χ1n) is 10.4. The molecule has 0 spiro atoms. The second-order valence-electron chi connectivity index (χ2n) is 7.54. The van der Waals surface area contributed by atoms with Crippen LogP contribution in [0, 0.1) is 19.8 Å². The SMILES string of the molecule is CCNC(=NCC(C)Cn1nc(C)cc1C)NC1CCN(C(=O)OCC)CC1. The average Bonchev–Trinajstić information content (AvgIpc) is 2.97. The highest BCUT2D eigenvalue weighted by atomic mass is 16.6. The number of piperidine rings is 1. The molecule has 1 aromatic rings. The van der Waals surface area contributed by atoms with E-state index >= 15 is 0 Å². The number of rotatable bonds is 7. The standard InChI is InChI=1S/C20H36N6O2/c1-6-21-19(22-13-15(3)14-26-17(5)12-16(4)24-26)23-18-8-10-25(11-9-18)20(27)28-7-2/h12,15,18H,6-11,13-14H2,1-5H3,(H2,21,22,23). The van der Waals surface area contributed by atoms with Gasteiger partial charge in [-0.2, -0.15) is 5.10 Å². The molecular formula is C20H36N6O2. The Balaban J connectivity index is 1.83. The van der Waals surface area contributed by atoms with E-state index in [1.807, 2.05) is 13.8 Å². The number of likely N-dealkylation sites (tertiary alicyclic amines) is 1. The van der Waals surface area contributed by atoms with E-state index in [1.54, 1.807) is 4.90 Å². The summed E-state index contributed by atoms with van der Waals surface area (Å²) in [6, 6.07) is 2.42. The molecular weight excluding hydrogens is 356 g/mol. The molecule has 8 heteroatoms. The molecule has 2 heterocycles. The van der Waals surface area contributed by atoms with Gasteiger partial charge in [-0.1, -0.05) is 6.92 Å². The zero-order valence-corrected chi connectivity index (χ0v) is 18.0. The van der Waals surface area contributed by atoms with Gasteiger partial charge in [0, 0.05) is 44.5 Å². The summed E-state index contributed by atoms with van der Waals surface area (Å²) in [5, 5.41) is 11.4. The summed E-state index contributed by atoms with van der Waals surface area (Å²) in [6.45, 7) is 14.5. The molecule has 0 saturated carbocycles. The maximum absolute atomic E-state index is 11.8. The van der Waals surface area contributed by atoms with Crippen LogP contribution in [0.5, 0.6) is 0 Å². The molecule has 1 atom stereocenters. The van der Waals surface area contributed by atoms with Crippen LogP contribution in [0.2, 0.25) is 0 Å². The summed E-state index contributed by atoms with van der Waals surface area (Å²) < 4.78 is 7.14. The minimum Gasteiger partial charge on any atom is -0.450 e. The van der Waals surface area contributed by atoms with Gasteiger partial charge in [-0.3, -0.25) is 9.67 Å². The number of carbonyl (C=O) groups excluding carboxylic acids is 1. The topological polar surface area (TPSA) is 83.8 Å². The quantitative estimate of drug-likeness (QED) is 0.550. The van der Waals surface area contributed by atoms with E-state index in [4.69, 9.17) is 9.73 Å². The first-order chi connectivity index (χ1) is 13.4. The lowest BCUT2D eigenvalue weighted by atomic mass is 10.1. The van der Waals surface area contributed by atoms with Crippen molar-refractivity contribution in [2.75, 3.05) is 32.8 Å². The number of ether oxygens (including phenoxy) is 1. The van der Waals surface area contributed by atoms with Crippen molar-refractivity contribution in [1.82, 2.24) is 25.3 Å². The van der Waals surface area contributed by atoms with Gasteiger partial charge in [0.2, 0.25) is 0 Å². The zero-order chi connectivity index (χ0) is 20.5. The summed E-state index contributed by atoms with van der Waals surface area (Å²) in [7, 11) is 0. The minimum atomic E-state index is -0.209. The molecule has 28 heavy (non-hydrogen) atoms. The fourth-order valence-corrected chi connectivity index (χ4v) is 3.39. The number of hydrogen-bond donors (Lipinski definition) is 2. The Morgan fingerprint density at radius 3 is 2.64 bits per heavy atom. The van der Waals surface area contributed by atoms with E-state index in [-0.39, 0.29) is 6.09 Å². The van der Waals surface area contributed by atoms with Crippen LogP contribution < -0.4 is 10.6 Å². The highest BCUT2D eigenvalue weighted by Crippen LogP contribution is 2.12. The second-order valence-corrected chi connectivity index (χ2v) is 7.54. The molecule has 0 radical (unpaired) electrons. The third-order valence-electron chi connectivity index (χ3n) is 4.86. The smallest absolute Gasteiger partial charge is 0.409 e. The van der Waals surface area contributed by atoms with Gasteiger partial charge in [-0.15, -0.1) is 0 Å². The number of aliphatic imine (C=N–C) groups is 1. The van der Waals surface area contributed by atoms with Crippen molar-refractivity contribution >= 4 is 12.1 Å². The molecule has 1 amide bonds. The van der Waals surface area contributed by atoms with E-state index in [9.17, 15) is 4.79 Å². The summed E-state index contributed by atoms with van der Waals surface area (Å²) in [5.41, 5.74) is 2.24. The number of nitrogens with one attached hydrogen (secondary N) is 2.